The van der Waals surface area contributed by atoms with E-state index in [-0.39, 0.29) is 0 Å². The molecule has 14 heteroatoms. The lowest BCUT2D eigenvalue weighted by Gasteiger charge is -2.45. The fraction of sp³-hybridized carbons (Fsp3) is 0.944. The van der Waals surface area contributed by atoms with Crippen LogP contribution in [-0.4, -0.2) is 129 Å². The van der Waals surface area contributed by atoms with Crippen molar-refractivity contribution in [1.29, 1.82) is 0 Å². The monoisotopic (exact) mass is 469 g/mol. The molecule has 0 aliphatic carbocycles. The quantitative estimate of drug-likeness (QED) is 0.127. The lowest BCUT2D eigenvalue weighted by atomic mass is 9.95. The molecule has 0 saturated carbocycles. The summed E-state index contributed by atoms with van der Waals surface area (Å²) < 4.78 is 16.1. The second kappa shape index (κ2) is 11.9. The van der Waals surface area contributed by atoms with Gasteiger partial charge in [0.15, 0.2) is 6.29 Å². The van der Waals surface area contributed by atoms with E-state index in [4.69, 9.17) is 25.7 Å². The topological polar surface area (TPSA) is 250 Å². The van der Waals surface area contributed by atoms with Crippen LogP contribution in [0.5, 0.6) is 0 Å². The zero-order valence-corrected chi connectivity index (χ0v) is 17.6. The van der Waals surface area contributed by atoms with Gasteiger partial charge in [0.05, 0.1) is 25.3 Å². The van der Waals surface area contributed by atoms with Gasteiger partial charge in [-0.2, -0.15) is 0 Å². The third kappa shape index (κ3) is 5.72. The highest BCUT2D eigenvalue weighted by Gasteiger charge is 2.58. The number of unbranched alkanes of at least 4 members (excludes halogenated alkanes) is 1. The van der Waals surface area contributed by atoms with Gasteiger partial charge in [-0.1, -0.05) is 6.42 Å². The van der Waals surface area contributed by atoms with E-state index in [0.29, 0.717) is 25.8 Å². The Bertz CT molecular complexity index is 603. The molecule has 0 bridgehead atoms. The second-order valence-corrected chi connectivity index (χ2v) is 7.99. The summed E-state index contributed by atoms with van der Waals surface area (Å²) >= 11 is 0. The Morgan fingerprint density at radius 1 is 1.03 bits per heavy atom. The Balaban J connectivity index is 2.16. The van der Waals surface area contributed by atoms with Gasteiger partial charge in [0, 0.05) is 0 Å². The Morgan fingerprint density at radius 3 is 2.22 bits per heavy atom. The van der Waals surface area contributed by atoms with E-state index in [1.807, 2.05) is 0 Å². The van der Waals surface area contributed by atoms with E-state index in [2.05, 4.69) is 5.32 Å². The van der Waals surface area contributed by atoms with Gasteiger partial charge in [-0.25, -0.2) is 0 Å². The van der Waals surface area contributed by atoms with Crippen LogP contribution in [0.1, 0.15) is 19.3 Å². The largest absolute Gasteiger partial charge is 0.394 e. The summed E-state index contributed by atoms with van der Waals surface area (Å²) in [5.41, 5.74) is 11.3. The van der Waals surface area contributed by atoms with Crippen LogP contribution in [0.25, 0.3) is 0 Å². The standard InChI is InChI=1S/C18H35N3O11/c19-4-2-1-3-8(20)16(29)21-11-12(25)9(5-22)30-17(14(11)27)32-18(7-24)15(28)13(26)10(6-23)31-18/h8-15,17,22-28H,1-7,19-20H2,(H,21,29)/t8-,9+,10+,11+,12+,13+,14+,15-,17?,18-/m0/s1. The maximum atomic E-state index is 12.4. The van der Waals surface area contributed by atoms with Crippen molar-refractivity contribution < 1.29 is 54.8 Å². The highest BCUT2D eigenvalue weighted by Crippen LogP contribution is 2.36. The number of aliphatic hydroxyl groups is 7. The molecular formula is C18H35N3O11. The first kappa shape index (κ1) is 27.2. The molecule has 2 fully saturated rings. The van der Waals surface area contributed by atoms with Gasteiger partial charge in [0.25, 0.3) is 0 Å². The number of carbonyl (C=O) groups is 1. The molecule has 2 aliphatic rings. The van der Waals surface area contributed by atoms with Crippen molar-refractivity contribution in [2.75, 3.05) is 26.4 Å². The number of carbonyl (C=O) groups excluding carboxylic acids is 1. The minimum atomic E-state index is -2.28. The number of amides is 1. The Labute approximate surface area is 184 Å². The summed E-state index contributed by atoms with van der Waals surface area (Å²) in [5.74, 6) is -2.96. The predicted molar refractivity (Wildman–Crippen MR) is 105 cm³/mol. The molecule has 14 nitrogen and oxygen atoms in total. The summed E-state index contributed by atoms with van der Waals surface area (Å²) in [5, 5.41) is 72.4. The smallest absolute Gasteiger partial charge is 0.237 e. The SMILES string of the molecule is NCCCC[C@H](N)C(=O)N[C@@H]1[C@H](O)[C@@H](CO)OC(O[C@]2(CO)O[C@H](CO)[C@@H](O)[C@@H]2O)[C@@H]1O. The van der Waals surface area contributed by atoms with Crippen molar-refractivity contribution in [3.63, 3.8) is 0 Å². The average molecular weight is 469 g/mol. The molecule has 2 saturated heterocycles. The van der Waals surface area contributed by atoms with Crippen molar-refractivity contribution in [1.82, 2.24) is 5.32 Å². The lowest BCUT2D eigenvalue weighted by Crippen LogP contribution is -2.68. The van der Waals surface area contributed by atoms with E-state index in [9.17, 15) is 40.5 Å². The van der Waals surface area contributed by atoms with Gasteiger partial charge < -0.3 is 66.7 Å². The molecule has 12 N–H and O–H groups in total. The number of hydrogen-bond donors (Lipinski definition) is 10. The minimum absolute atomic E-state index is 0.315. The van der Waals surface area contributed by atoms with Crippen LogP contribution in [0.3, 0.4) is 0 Å². The first-order valence-corrected chi connectivity index (χ1v) is 10.5. The van der Waals surface area contributed by atoms with Crippen molar-refractivity contribution >= 4 is 5.91 Å². The van der Waals surface area contributed by atoms with Crippen LogP contribution in [-0.2, 0) is 19.0 Å². The maximum absolute atomic E-state index is 12.4. The van der Waals surface area contributed by atoms with E-state index in [1.165, 1.54) is 0 Å². The van der Waals surface area contributed by atoms with Crippen LogP contribution in [0.15, 0.2) is 0 Å². The highest BCUT2D eigenvalue weighted by atomic mass is 16.8. The maximum Gasteiger partial charge on any atom is 0.237 e. The molecule has 10 atom stereocenters. The van der Waals surface area contributed by atoms with Gasteiger partial charge in [-0.15, -0.1) is 0 Å². The zero-order chi connectivity index (χ0) is 24.1. The van der Waals surface area contributed by atoms with Crippen LogP contribution in [0.2, 0.25) is 0 Å². The van der Waals surface area contributed by atoms with Crippen molar-refractivity contribution in [3.8, 4) is 0 Å². The average Bonchev–Trinajstić information content (AvgIpc) is 3.03. The Kier molecular flexibility index (Phi) is 10.1. The van der Waals surface area contributed by atoms with Crippen molar-refractivity contribution in [2.24, 2.45) is 11.5 Å². The van der Waals surface area contributed by atoms with Gasteiger partial charge in [0.1, 0.15) is 43.2 Å². The third-order valence-electron chi connectivity index (χ3n) is 5.72. The van der Waals surface area contributed by atoms with Crippen LogP contribution in [0, 0.1) is 0 Å². The Morgan fingerprint density at radius 2 is 1.69 bits per heavy atom. The molecule has 0 aromatic rings. The van der Waals surface area contributed by atoms with Crippen molar-refractivity contribution in [3.05, 3.63) is 0 Å². The number of ether oxygens (including phenoxy) is 3. The molecule has 32 heavy (non-hydrogen) atoms. The van der Waals surface area contributed by atoms with E-state index in [1.54, 1.807) is 0 Å². The fourth-order valence-corrected chi connectivity index (χ4v) is 3.73. The molecule has 2 aliphatic heterocycles. The van der Waals surface area contributed by atoms with Crippen molar-refractivity contribution in [2.45, 2.75) is 80.0 Å². The third-order valence-corrected chi connectivity index (χ3v) is 5.72. The fourth-order valence-electron chi connectivity index (χ4n) is 3.73. The second-order valence-electron chi connectivity index (χ2n) is 7.99. The highest BCUT2D eigenvalue weighted by molar-refractivity contribution is 5.81. The predicted octanol–water partition coefficient (Wildman–Crippen LogP) is -5.82. The number of nitrogens with two attached hydrogens (primary N) is 2. The zero-order valence-electron chi connectivity index (χ0n) is 17.6. The first-order chi connectivity index (χ1) is 15.1. The molecule has 2 rings (SSSR count). The Hall–Kier alpha value is -1.01. The van der Waals surface area contributed by atoms with Gasteiger partial charge >= 0.3 is 0 Å². The molecule has 1 unspecified atom stereocenters. The van der Waals surface area contributed by atoms with Gasteiger partial charge in [-0.05, 0) is 19.4 Å². The molecule has 0 radical (unpaired) electrons. The van der Waals surface area contributed by atoms with E-state index >= 15 is 0 Å². The summed E-state index contributed by atoms with van der Waals surface area (Å²) in [6.07, 6.45) is -9.51. The summed E-state index contributed by atoms with van der Waals surface area (Å²) in [6, 6.07) is -2.34. The summed E-state index contributed by atoms with van der Waals surface area (Å²) in [6.45, 7) is -1.98. The molecule has 0 aromatic carbocycles. The van der Waals surface area contributed by atoms with Gasteiger partial charge in [-0.3, -0.25) is 4.79 Å². The van der Waals surface area contributed by atoms with Crippen LogP contribution < -0.4 is 16.8 Å². The lowest BCUT2D eigenvalue weighted by molar-refractivity contribution is -0.375. The number of rotatable bonds is 11. The molecular weight excluding hydrogens is 434 g/mol. The van der Waals surface area contributed by atoms with Crippen LogP contribution >= 0.6 is 0 Å². The molecule has 0 spiro atoms. The number of hydrogen-bond acceptors (Lipinski definition) is 13. The summed E-state index contributed by atoms with van der Waals surface area (Å²) in [7, 11) is 0. The molecule has 188 valence electrons. The molecule has 2 heterocycles. The van der Waals surface area contributed by atoms with Crippen LogP contribution in [0.4, 0.5) is 0 Å². The summed E-state index contributed by atoms with van der Waals surface area (Å²) in [4.78, 5) is 12.4. The normalized spacial score (nSPS) is 40.9. The van der Waals surface area contributed by atoms with E-state index in [0.717, 1.165) is 0 Å². The number of aliphatic hydroxyl groups excluding tert-OH is 7. The minimum Gasteiger partial charge on any atom is -0.394 e. The first-order valence-electron chi connectivity index (χ1n) is 10.5. The molecule has 0 aromatic heterocycles. The number of nitrogens with one attached hydrogen (secondary N) is 1. The molecule has 1 amide bonds. The van der Waals surface area contributed by atoms with Gasteiger partial charge in [0.2, 0.25) is 11.7 Å². The van der Waals surface area contributed by atoms with E-state index < -0.39 is 86.5 Å².